The van der Waals surface area contributed by atoms with Crippen LogP contribution in [0, 0.1) is 11.3 Å². The maximum atomic E-state index is 8.46. The predicted octanol–water partition coefficient (Wildman–Crippen LogP) is 2.79. The molecule has 1 aliphatic rings. The number of nitrogens with zero attached hydrogens (tertiary/aromatic N) is 2. The van der Waals surface area contributed by atoms with Gasteiger partial charge in [-0.3, -0.25) is 4.90 Å². The number of halogens is 1. The van der Waals surface area contributed by atoms with Crippen molar-refractivity contribution >= 4 is 11.6 Å². The highest BCUT2D eigenvalue weighted by Crippen LogP contribution is 2.23. The standard InChI is InChI=1S/C14H15ClN2O/c15-13-5-3-12(4-6-13)14-11-17(9-10-18-14)8-2-1-7-16/h1-6,14H,8-11H2/b2-1+. The van der Waals surface area contributed by atoms with E-state index in [-0.39, 0.29) is 6.10 Å². The molecule has 0 saturated carbocycles. The smallest absolute Gasteiger partial charge is 0.0952 e. The van der Waals surface area contributed by atoms with E-state index in [0.29, 0.717) is 6.61 Å². The number of hydrogen-bond donors (Lipinski definition) is 0. The lowest BCUT2D eigenvalue weighted by molar-refractivity contribution is -0.0260. The molecule has 1 fully saturated rings. The molecule has 0 N–H and O–H groups in total. The Morgan fingerprint density at radius 2 is 2.22 bits per heavy atom. The molecular formula is C14H15ClN2O. The number of hydrogen-bond acceptors (Lipinski definition) is 3. The van der Waals surface area contributed by atoms with Crippen molar-refractivity contribution in [2.75, 3.05) is 26.2 Å². The van der Waals surface area contributed by atoms with Crippen LogP contribution in [0.4, 0.5) is 0 Å². The highest BCUT2D eigenvalue weighted by atomic mass is 35.5. The second-order valence-corrected chi connectivity index (χ2v) is 4.64. The van der Waals surface area contributed by atoms with Crippen molar-refractivity contribution in [3.63, 3.8) is 0 Å². The number of ether oxygens (including phenoxy) is 1. The molecule has 0 amide bonds. The quantitative estimate of drug-likeness (QED) is 0.786. The summed E-state index contributed by atoms with van der Waals surface area (Å²) in [6.45, 7) is 3.26. The Balaban J connectivity index is 1.96. The third-order valence-electron chi connectivity index (χ3n) is 2.95. The third-order valence-corrected chi connectivity index (χ3v) is 3.20. The van der Waals surface area contributed by atoms with Crippen LogP contribution in [0.2, 0.25) is 5.02 Å². The Bertz CT molecular complexity index is 450. The molecule has 1 atom stereocenters. The Labute approximate surface area is 112 Å². The molecular weight excluding hydrogens is 248 g/mol. The molecule has 2 rings (SSSR count). The van der Waals surface area contributed by atoms with Crippen LogP contribution in [-0.2, 0) is 4.74 Å². The molecule has 1 unspecified atom stereocenters. The van der Waals surface area contributed by atoms with Crippen molar-refractivity contribution in [2.24, 2.45) is 0 Å². The molecule has 94 valence electrons. The van der Waals surface area contributed by atoms with E-state index in [1.54, 1.807) is 0 Å². The predicted molar refractivity (Wildman–Crippen MR) is 71.3 cm³/mol. The number of rotatable bonds is 3. The largest absolute Gasteiger partial charge is 0.371 e. The summed E-state index contributed by atoms with van der Waals surface area (Å²) in [6, 6.07) is 9.77. The fourth-order valence-electron chi connectivity index (χ4n) is 2.00. The van der Waals surface area contributed by atoms with Crippen LogP contribution >= 0.6 is 11.6 Å². The van der Waals surface area contributed by atoms with E-state index in [2.05, 4.69) is 4.90 Å². The molecule has 1 heterocycles. The summed E-state index contributed by atoms with van der Waals surface area (Å²) < 4.78 is 5.77. The summed E-state index contributed by atoms with van der Waals surface area (Å²) in [6.07, 6.45) is 3.49. The van der Waals surface area contributed by atoms with Gasteiger partial charge in [0, 0.05) is 30.7 Å². The van der Waals surface area contributed by atoms with Crippen molar-refractivity contribution in [1.29, 1.82) is 5.26 Å². The van der Waals surface area contributed by atoms with Gasteiger partial charge < -0.3 is 4.74 Å². The molecule has 1 aromatic rings. The Hall–Kier alpha value is -1.34. The SMILES string of the molecule is N#C/C=C/CN1CCOC(c2ccc(Cl)cc2)C1. The van der Waals surface area contributed by atoms with E-state index in [9.17, 15) is 0 Å². The second kappa shape index (κ2) is 6.55. The summed E-state index contributed by atoms with van der Waals surface area (Å²) in [5, 5.41) is 9.20. The third kappa shape index (κ3) is 3.58. The van der Waals surface area contributed by atoms with E-state index in [4.69, 9.17) is 21.6 Å². The van der Waals surface area contributed by atoms with Gasteiger partial charge in [0.25, 0.3) is 0 Å². The van der Waals surface area contributed by atoms with Gasteiger partial charge in [0.1, 0.15) is 0 Å². The van der Waals surface area contributed by atoms with Crippen LogP contribution in [-0.4, -0.2) is 31.1 Å². The molecule has 18 heavy (non-hydrogen) atoms. The summed E-state index contributed by atoms with van der Waals surface area (Å²) in [4.78, 5) is 2.27. The average molecular weight is 263 g/mol. The van der Waals surface area contributed by atoms with Crippen molar-refractivity contribution in [1.82, 2.24) is 4.90 Å². The minimum atomic E-state index is 0.0894. The molecule has 1 aliphatic heterocycles. The van der Waals surface area contributed by atoms with Crippen LogP contribution < -0.4 is 0 Å². The van der Waals surface area contributed by atoms with Gasteiger partial charge in [0.2, 0.25) is 0 Å². The molecule has 0 aliphatic carbocycles. The molecule has 1 saturated heterocycles. The lowest BCUT2D eigenvalue weighted by atomic mass is 10.1. The zero-order chi connectivity index (χ0) is 12.8. The molecule has 0 spiro atoms. The monoisotopic (exact) mass is 262 g/mol. The lowest BCUT2D eigenvalue weighted by Gasteiger charge is -2.32. The molecule has 0 radical (unpaired) electrons. The first kappa shape index (κ1) is 13.1. The minimum Gasteiger partial charge on any atom is -0.371 e. The number of morpholine rings is 1. The summed E-state index contributed by atoms with van der Waals surface area (Å²) in [5.74, 6) is 0. The van der Waals surface area contributed by atoms with E-state index in [1.165, 1.54) is 6.08 Å². The normalized spacial score (nSPS) is 21.0. The molecule has 3 nitrogen and oxygen atoms in total. The maximum absolute atomic E-state index is 8.46. The molecule has 0 bridgehead atoms. The zero-order valence-corrected chi connectivity index (χ0v) is 10.8. The average Bonchev–Trinajstić information content (AvgIpc) is 2.40. The van der Waals surface area contributed by atoms with Gasteiger partial charge in [0.05, 0.1) is 18.8 Å². The minimum absolute atomic E-state index is 0.0894. The number of benzene rings is 1. The fraction of sp³-hybridized carbons (Fsp3) is 0.357. The Kier molecular flexibility index (Phi) is 4.77. The summed E-state index contributed by atoms with van der Waals surface area (Å²) in [5.41, 5.74) is 1.15. The number of allylic oxidation sites excluding steroid dienone is 1. The Morgan fingerprint density at radius 1 is 1.44 bits per heavy atom. The van der Waals surface area contributed by atoms with Gasteiger partial charge in [-0.15, -0.1) is 0 Å². The van der Waals surface area contributed by atoms with Crippen LogP contribution in [0.25, 0.3) is 0 Å². The van der Waals surface area contributed by atoms with Crippen molar-refractivity contribution in [3.05, 3.63) is 47.0 Å². The highest BCUT2D eigenvalue weighted by Gasteiger charge is 2.20. The van der Waals surface area contributed by atoms with Crippen molar-refractivity contribution < 1.29 is 4.74 Å². The first-order valence-corrected chi connectivity index (χ1v) is 6.31. The summed E-state index contributed by atoms with van der Waals surface area (Å²) >= 11 is 5.87. The van der Waals surface area contributed by atoms with Gasteiger partial charge in [-0.05, 0) is 17.7 Å². The first-order chi connectivity index (χ1) is 8.79. The van der Waals surface area contributed by atoms with Gasteiger partial charge in [-0.25, -0.2) is 0 Å². The lowest BCUT2D eigenvalue weighted by Crippen LogP contribution is -2.38. The van der Waals surface area contributed by atoms with Crippen molar-refractivity contribution in [2.45, 2.75) is 6.10 Å². The van der Waals surface area contributed by atoms with Crippen LogP contribution in [0.5, 0.6) is 0 Å². The van der Waals surface area contributed by atoms with E-state index >= 15 is 0 Å². The van der Waals surface area contributed by atoms with Crippen molar-refractivity contribution in [3.8, 4) is 6.07 Å². The number of nitriles is 1. The van der Waals surface area contributed by atoms with E-state index in [0.717, 1.165) is 30.2 Å². The maximum Gasteiger partial charge on any atom is 0.0952 e. The topological polar surface area (TPSA) is 36.3 Å². The van der Waals surface area contributed by atoms with Gasteiger partial charge in [0.15, 0.2) is 0 Å². The zero-order valence-electron chi connectivity index (χ0n) is 10.1. The van der Waals surface area contributed by atoms with Gasteiger partial charge in [-0.1, -0.05) is 29.8 Å². The van der Waals surface area contributed by atoms with Crippen LogP contribution in [0.1, 0.15) is 11.7 Å². The van der Waals surface area contributed by atoms with E-state index in [1.807, 2.05) is 36.4 Å². The Morgan fingerprint density at radius 3 is 2.94 bits per heavy atom. The van der Waals surface area contributed by atoms with E-state index < -0.39 is 0 Å². The highest BCUT2D eigenvalue weighted by molar-refractivity contribution is 6.30. The second-order valence-electron chi connectivity index (χ2n) is 4.20. The fourth-order valence-corrected chi connectivity index (χ4v) is 2.13. The van der Waals surface area contributed by atoms with Crippen LogP contribution in [0.3, 0.4) is 0 Å². The molecule has 4 heteroatoms. The van der Waals surface area contributed by atoms with Gasteiger partial charge >= 0.3 is 0 Å². The molecule has 0 aromatic heterocycles. The van der Waals surface area contributed by atoms with Gasteiger partial charge in [-0.2, -0.15) is 5.26 Å². The van der Waals surface area contributed by atoms with Crippen LogP contribution in [0.15, 0.2) is 36.4 Å². The molecule has 1 aromatic carbocycles. The first-order valence-electron chi connectivity index (χ1n) is 5.93. The summed E-state index contributed by atoms with van der Waals surface area (Å²) in [7, 11) is 0.